The molecule has 0 spiro atoms. The SMILES string of the molecule is C1=CNc2ocnc2C1. The summed E-state index contributed by atoms with van der Waals surface area (Å²) in [6.07, 6.45) is 6.18. The third-order valence-corrected chi connectivity index (χ3v) is 1.28. The van der Waals surface area contributed by atoms with Crippen LogP contribution in [0, 0.1) is 0 Å². The minimum Gasteiger partial charge on any atom is -0.427 e. The number of allylic oxidation sites excluding steroid dienone is 1. The van der Waals surface area contributed by atoms with Crippen LogP contribution in [-0.4, -0.2) is 4.98 Å². The molecule has 0 unspecified atom stereocenters. The standard InChI is InChI=1S/C6H6N2O/c1-2-5-6(7-3-1)9-4-8-5/h1,3-4,7H,2H2. The summed E-state index contributed by atoms with van der Waals surface area (Å²) in [6, 6.07) is 0. The summed E-state index contributed by atoms with van der Waals surface area (Å²) in [6.45, 7) is 0. The van der Waals surface area contributed by atoms with Gasteiger partial charge in [0.05, 0.1) is 0 Å². The van der Waals surface area contributed by atoms with E-state index in [2.05, 4.69) is 10.3 Å². The van der Waals surface area contributed by atoms with Crippen LogP contribution in [0.15, 0.2) is 23.1 Å². The number of anilines is 1. The first-order valence-electron chi connectivity index (χ1n) is 2.81. The monoisotopic (exact) mass is 122 g/mol. The van der Waals surface area contributed by atoms with Crippen molar-refractivity contribution in [2.45, 2.75) is 6.42 Å². The van der Waals surface area contributed by atoms with Crippen molar-refractivity contribution in [3.8, 4) is 0 Å². The number of hydrogen-bond donors (Lipinski definition) is 1. The second-order valence-corrected chi connectivity index (χ2v) is 1.88. The highest BCUT2D eigenvalue weighted by molar-refractivity contribution is 5.43. The lowest BCUT2D eigenvalue weighted by atomic mass is 10.3. The molecule has 0 aromatic carbocycles. The number of fused-ring (bicyclic) bond motifs is 1. The number of aromatic nitrogens is 1. The van der Waals surface area contributed by atoms with E-state index in [1.807, 2.05) is 12.3 Å². The summed E-state index contributed by atoms with van der Waals surface area (Å²) < 4.78 is 4.98. The predicted molar refractivity (Wildman–Crippen MR) is 33.0 cm³/mol. The maximum atomic E-state index is 4.98. The number of rotatable bonds is 0. The van der Waals surface area contributed by atoms with Gasteiger partial charge in [-0.3, -0.25) is 0 Å². The first-order chi connectivity index (χ1) is 4.47. The lowest BCUT2D eigenvalue weighted by Gasteiger charge is -2.01. The van der Waals surface area contributed by atoms with Crippen LogP contribution < -0.4 is 5.32 Å². The molecular weight excluding hydrogens is 116 g/mol. The number of hydrogen-bond acceptors (Lipinski definition) is 3. The summed E-state index contributed by atoms with van der Waals surface area (Å²) in [7, 11) is 0. The van der Waals surface area contributed by atoms with E-state index < -0.39 is 0 Å². The summed E-state index contributed by atoms with van der Waals surface area (Å²) in [5.41, 5.74) is 0.984. The molecular formula is C6H6N2O. The molecule has 2 heterocycles. The highest BCUT2D eigenvalue weighted by Crippen LogP contribution is 2.17. The van der Waals surface area contributed by atoms with Crippen molar-refractivity contribution >= 4 is 5.88 Å². The molecule has 1 aromatic heterocycles. The molecule has 1 aliphatic rings. The Hall–Kier alpha value is -1.25. The maximum Gasteiger partial charge on any atom is 0.220 e. The fourth-order valence-corrected chi connectivity index (χ4v) is 0.837. The van der Waals surface area contributed by atoms with Gasteiger partial charge < -0.3 is 9.73 Å². The number of nitrogens with one attached hydrogen (secondary N) is 1. The average molecular weight is 122 g/mol. The topological polar surface area (TPSA) is 38.1 Å². The Bertz CT molecular complexity index is 216. The van der Waals surface area contributed by atoms with Crippen molar-refractivity contribution in [2.24, 2.45) is 0 Å². The smallest absolute Gasteiger partial charge is 0.220 e. The maximum absolute atomic E-state index is 4.98. The third kappa shape index (κ3) is 0.614. The Morgan fingerprint density at radius 2 is 2.67 bits per heavy atom. The molecule has 2 rings (SSSR count). The average Bonchev–Trinajstić information content (AvgIpc) is 2.33. The van der Waals surface area contributed by atoms with E-state index in [9.17, 15) is 0 Å². The molecule has 46 valence electrons. The van der Waals surface area contributed by atoms with E-state index in [1.165, 1.54) is 6.39 Å². The quantitative estimate of drug-likeness (QED) is 0.561. The minimum absolute atomic E-state index is 0.775. The van der Waals surface area contributed by atoms with Gasteiger partial charge in [-0.15, -0.1) is 0 Å². The van der Waals surface area contributed by atoms with Crippen molar-refractivity contribution in [1.29, 1.82) is 0 Å². The Morgan fingerprint density at radius 3 is 3.56 bits per heavy atom. The molecule has 9 heavy (non-hydrogen) atoms. The molecule has 0 bridgehead atoms. The van der Waals surface area contributed by atoms with Crippen LogP contribution in [0.4, 0.5) is 5.88 Å². The summed E-state index contributed by atoms with van der Waals surface area (Å²) >= 11 is 0. The Labute approximate surface area is 52.4 Å². The molecule has 3 nitrogen and oxygen atoms in total. The van der Waals surface area contributed by atoms with Crippen LogP contribution in [0.1, 0.15) is 5.69 Å². The van der Waals surface area contributed by atoms with Gasteiger partial charge in [0, 0.05) is 12.6 Å². The van der Waals surface area contributed by atoms with Crippen LogP contribution in [0.5, 0.6) is 0 Å². The van der Waals surface area contributed by atoms with Crippen molar-refractivity contribution < 1.29 is 4.42 Å². The zero-order chi connectivity index (χ0) is 6.10. The molecule has 0 amide bonds. The number of oxazole rings is 1. The van der Waals surface area contributed by atoms with Gasteiger partial charge >= 0.3 is 0 Å². The van der Waals surface area contributed by atoms with E-state index in [-0.39, 0.29) is 0 Å². The second-order valence-electron chi connectivity index (χ2n) is 1.88. The van der Waals surface area contributed by atoms with E-state index in [1.54, 1.807) is 0 Å². The van der Waals surface area contributed by atoms with Crippen LogP contribution >= 0.6 is 0 Å². The van der Waals surface area contributed by atoms with Crippen molar-refractivity contribution in [1.82, 2.24) is 4.98 Å². The molecule has 1 aromatic rings. The van der Waals surface area contributed by atoms with Gasteiger partial charge in [0.1, 0.15) is 5.69 Å². The largest absolute Gasteiger partial charge is 0.427 e. The van der Waals surface area contributed by atoms with Gasteiger partial charge in [-0.25, -0.2) is 4.98 Å². The van der Waals surface area contributed by atoms with Gasteiger partial charge in [-0.1, -0.05) is 6.08 Å². The van der Waals surface area contributed by atoms with Crippen molar-refractivity contribution in [3.05, 3.63) is 24.4 Å². The molecule has 1 aliphatic heterocycles. The van der Waals surface area contributed by atoms with Crippen LogP contribution in [0.2, 0.25) is 0 Å². The van der Waals surface area contributed by atoms with Crippen LogP contribution in [0.3, 0.4) is 0 Å². The summed E-state index contributed by atoms with van der Waals surface area (Å²) in [5, 5.41) is 2.93. The molecule has 0 fully saturated rings. The second kappa shape index (κ2) is 1.62. The van der Waals surface area contributed by atoms with Gasteiger partial charge in [0.25, 0.3) is 0 Å². The Morgan fingerprint density at radius 1 is 1.67 bits per heavy atom. The highest BCUT2D eigenvalue weighted by Gasteiger charge is 2.06. The molecule has 0 saturated heterocycles. The van der Waals surface area contributed by atoms with Crippen molar-refractivity contribution in [2.75, 3.05) is 5.32 Å². The molecule has 0 saturated carbocycles. The molecule has 1 N–H and O–H groups in total. The number of nitrogens with zero attached hydrogens (tertiary/aromatic N) is 1. The lowest BCUT2D eigenvalue weighted by Crippen LogP contribution is -1.96. The zero-order valence-corrected chi connectivity index (χ0v) is 4.79. The van der Waals surface area contributed by atoms with Gasteiger partial charge in [0.2, 0.25) is 5.88 Å². The lowest BCUT2D eigenvalue weighted by molar-refractivity contribution is 0.573. The fourth-order valence-electron chi connectivity index (χ4n) is 0.837. The Kier molecular flexibility index (Phi) is 0.828. The first kappa shape index (κ1) is 4.61. The van der Waals surface area contributed by atoms with Crippen LogP contribution in [-0.2, 0) is 6.42 Å². The van der Waals surface area contributed by atoms with Crippen molar-refractivity contribution in [3.63, 3.8) is 0 Å². The summed E-state index contributed by atoms with van der Waals surface area (Å²) in [4.78, 5) is 3.98. The molecule has 0 atom stereocenters. The van der Waals surface area contributed by atoms with E-state index >= 15 is 0 Å². The van der Waals surface area contributed by atoms with Gasteiger partial charge in [-0.2, -0.15) is 0 Å². The van der Waals surface area contributed by atoms with E-state index in [0.29, 0.717) is 0 Å². The van der Waals surface area contributed by atoms with Gasteiger partial charge in [-0.05, 0) is 0 Å². The first-order valence-corrected chi connectivity index (χ1v) is 2.81. The Balaban J connectivity index is 2.46. The van der Waals surface area contributed by atoms with E-state index in [0.717, 1.165) is 18.0 Å². The molecule has 0 radical (unpaired) electrons. The zero-order valence-electron chi connectivity index (χ0n) is 4.79. The predicted octanol–water partition coefficient (Wildman–Crippen LogP) is 1.16. The normalized spacial score (nSPS) is 14.7. The van der Waals surface area contributed by atoms with Crippen LogP contribution in [0.25, 0.3) is 0 Å². The molecule has 3 heteroatoms. The minimum atomic E-state index is 0.775. The fraction of sp³-hybridized carbons (Fsp3) is 0.167. The highest BCUT2D eigenvalue weighted by atomic mass is 16.4. The molecule has 0 aliphatic carbocycles. The summed E-state index contributed by atoms with van der Waals surface area (Å²) in [5.74, 6) is 0.775. The third-order valence-electron chi connectivity index (χ3n) is 1.28. The van der Waals surface area contributed by atoms with E-state index in [4.69, 9.17) is 4.42 Å². The van der Waals surface area contributed by atoms with Gasteiger partial charge in [0.15, 0.2) is 6.39 Å².